The third-order valence-electron chi connectivity index (χ3n) is 9.33. The third-order valence-corrected chi connectivity index (χ3v) is 9.33. The number of pyridine rings is 3. The Labute approximate surface area is 295 Å². The number of rotatable bonds is 6. The number of nitrogens with zero attached hydrogens (tertiary/aromatic N) is 4. The zero-order valence-corrected chi connectivity index (χ0v) is 27.4. The van der Waals surface area contributed by atoms with Gasteiger partial charge in [-0.2, -0.15) is 0 Å². The second-order valence-electron chi connectivity index (χ2n) is 12.4. The lowest BCUT2D eigenvalue weighted by Gasteiger charge is -2.14. The summed E-state index contributed by atoms with van der Waals surface area (Å²) in [7, 11) is 0. The van der Waals surface area contributed by atoms with E-state index >= 15 is 0 Å². The lowest BCUT2D eigenvalue weighted by molar-refractivity contribution is 0.671. The van der Waals surface area contributed by atoms with Crippen LogP contribution in [-0.2, 0) is 0 Å². The van der Waals surface area contributed by atoms with Crippen molar-refractivity contribution >= 4 is 27.6 Å². The van der Waals surface area contributed by atoms with E-state index in [2.05, 4.69) is 111 Å². The fraction of sp³-hybridized carbons (Fsp3) is 0. The summed E-state index contributed by atoms with van der Waals surface area (Å²) in [6.07, 6.45) is 11.1. The van der Waals surface area contributed by atoms with E-state index in [4.69, 9.17) is 11.0 Å². The van der Waals surface area contributed by atoms with Crippen LogP contribution < -0.4 is 0 Å². The van der Waals surface area contributed by atoms with E-state index < -0.39 is 0 Å². The highest BCUT2D eigenvalue weighted by molar-refractivity contribution is 6.13. The molecular weight excluding hydrogens is 625 g/mol. The van der Waals surface area contributed by atoms with Crippen molar-refractivity contribution in [2.75, 3.05) is 0 Å². The molecule has 0 atom stereocenters. The second-order valence-corrected chi connectivity index (χ2v) is 12.4. The van der Waals surface area contributed by atoms with Gasteiger partial charge in [0.15, 0.2) is 5.69 Å². The first kappa shape index (κ1) is 29.9. The van der Waals surface area contributed by atoms with Gasteiger partial charge in [0, 0.05) is 75.8 Å². The Hall–Kier alpha value is -7.16. The maximum atomic E-state index is 7.37. The van der Waals surface area contributed by atoms with Gasteiger partial charge in [0.25, 0.3) is 0 Å². The van der Waals surface area contributed by atoms with Gasteiger partial charge in [0.1, 0.15) is 11.2 Å². The molecule has 0 saturated heterocycles. The van der Waals surface area contributed by atoms with Gasteiger partial charge < -0.3 is 4.42 Å². The fourth-order valence-electron chi connectivity index (χ4n) is 6.83. The molecule has 9 aromatic rings. The Morgan fingerprint density at radius 3 is 1.22 bits per heavy atom. The largest absolute Gasteiger partial charge is 0.455 e. The van der Waals surface area contributed by atoms with Crippen LogP contribution in [-0.4, -0.2) is 15.0 Å². The number of hydrogen-bond acceptors (Lipinski definition) is 4. The average molecular weight is 653 g/mol. The predicted octanol–water partition coefficient (Wildman–Crippen LogP) is 12.3. The van der Waals surface area contributed by atoms with Crippen molar-refractivity contribution in [2.24, 2.45) is 0 Å². The first-order chi connectivity index (χ1) is 25.2. The molecule has 0 aliphatic heterocycles. The molecule has 5 heteroatoms. The van der Waals surface area contributed by atoms with E-state index in [0.717, 1.165) is 88.7 Å². The Morgan fingerprint density at radius 2 is 0.804 bits per heavy atom. The van der Waals surface area contributed by atoms with Crippen molar-refractivity contribution in [3.63, 3.8) is 0 Å². The first-order valence-corrected chi connectivity index (χ1v) is 16.7. The van der Waals surface area contributed by atoms with Gasteiger partial charge >= 0.3 is 0 Å². The number of hydrogen-bond donors (Lipinski definition) is 0. The summed E-state index contributed by atoms with van der Waals surface area (Å²) in [5.74, 6) is 0. The maximum absolute atomic E-state index is 7.37. The quantitative estimate of drug-likeness (QED) is 0.168. The smallest absolute Gasteiger partial charge is 0.187 e. The molecule has 238 valence electrons. The molecule has 5 nitrogen and oxygen atoms in total. The molecule has 0 bridgehead atoms. The lowest BCUT2D eigenvalue weighted by Crippen LogP contribution is -1.90. The van der Waals surface area contributed by atoms with Crippen molar-refractivity contribution in [2.45, 2.75) is 0 Å². The van der Waals surface area contributed by atoms with Gasteiger partial charge in [0.2, 0.25) is 0 Å². The van der Waals surface area contributed by atoms with E-state index in [0.29, 0.717) is 5.69 Å². The van der Waals surface area contributed by atoms with E-state index in [-0.39, 0.29) is 0 Å². The summed E-state index contributed by atoms with van der Waals surface area (Å²) in [4.78, 5) is 16.8. The summed E-state index contributed by atoms with van der Waals surface area (Å²) in [6, 6.07) is 45.8. The molecular formula is C46H28N4O. The summed E-state index contributed by atoms with van der Waals surface area (Å²) in [6.45, 7) is 7.37. The monoisotopic (exact) mass is 652 g/mol. The normalized spacial score (nSPS) is 11.1. The maximum Gasteiger partial charge on any atom is 0.187 e. The Balaban J connectivity index is 1.27. The molecule has 0 aliphatic rings. The van der Waals surface area contributed by atoms with Crippen molar-refractivity contribution in [3.8, 4) is 66.8 Å². The molecule has 51 heavy (non-hydrogen) atoms. The Morgan fingerprint density at radius 1 is 0.392 bits per heavy atom. The zero-order valence-electron chi connectivity index (χ0n) is 27.4. The summed E-state index contributed by atoms with van der Waals surface area (Å²) >= 11 is 0. The second kappa shape index (κ2) is 12.7. The van der Waals surface area contributed by atoms with Crippen molar-refractivity contribution in [1.29, 1.82) is 0 Å². The topological polar surface area (TPSA) is 56.2 Å². The van der Waals surface area contributed by atoms with Crippen LogP contribution in [0.2, 0.25) is 0 Å². The van der Waals surface area contributed by atoms with Crippen LogP contribution >= 0.6 is 0 Å². The Bertz CT molecular complexity index is 2670. The highest BCUT2D eigenvalue weighted by Crippen LogP contribution is 2.42. The third kappa shape index (κ3) is 5.61. The lowest BCUT2D eigenvalue weighted by atomic mass is 9.90. The fourth-order valence-corrected chi connectivity index (χ4v) is 6.83. The summed E-state index contributed by atoms with van der Waals surface area (Å²) < 4.78 is 6.84. The summed E-state index contributed by atoms with van der Waals surface area (Å²) in [5.41, 5.74) is 14.7. The molecule has 5 aromatic carbocycles. The molecule has 0 fully saturated rings. The van der Waals surface area contributed by atoms with Gasteiger partial charge in [-0.25, -0.2) is 4.85 Å². The highest BCUT2D eigenvalue weighted by Gasteiger charge is 2.18. The standard InChI is InChI=1S/C46H28N4O/c1-47-40-16-14-30(15-17-40)41-10-2-12-43-44-13-3-11-42(46(44)51-45(41)43)39-25-36(33-9-6-20-50-29-33)24-38(26-39)37-22-34(31-7-4-18-48-27-31)21-35(23-37)32-8-5-19-49-28-32/h2-29H. The minimum absolute atomic E-state index is 0.612. The van der Waals surface area contributed by atoms with Crippen molar-refractivity contribution < 1.29 is 4.42 Å². The molecule has 0 amide bonds. The number of furan rings is 1. The van der Waals surface area contributed by atoms with Crippen molar-refractivity contribution in [3.05, 3.63) is 182 Å². The van der Waals surface area contributed by atoms with Crippen LogP contribution in [0, 0.1) is 6.57 Å². The van der Waals surface area contributed by atoms with Gasteiger partial charge in [-0.05, 0) is 93.5 Å². The van der Waals surface area contributed by atoms with Crippen LogP contribution in [0.5, 0.6) is 0 Å². The van der Waals surface area contributed by atoms with Crippen molar-refractivity contribution in [1.82, 2.24) is 15.0 Å². The molecule has 4 heterocycles. The van der Waals surface area contributed by atoms with Crippen LogP contribution in [0.3, 0.4) is 0 Å². The number of benzene rings is 5. The molecule has 4 aromatic heterocycles. The van der Waals surface area contributed by atoms with Gasteiger partial charge in [-0.3, -0.25) is 15.0 Å². The minimum atomic E-state index is 0.612. The SMILES string of the molecule is [C-]#[N+]c1ccc(-c2cccc3c2oc2c(-c4cc(-c5cccnc5)cc(-c5cc(-c6cccnc6)cc(-c6cccnc6)c5)c4)cccc23)cc1. The van der Waals surface area contributed by atoms with E-state index in [1.807, 2.05) is 61.1 Å². The molecule has 0 saturated carbocycles. The van der Waals surface area contributed by atoms with Gasteiger partial charge in [0.05, 0.1) is 6.57 Å². The number of para-hydroxylation sites is 2. The van der Waals surface area contributed by atoms with Crippen LogP contribution in [0.1, 0.15) is 0 Å². The first-order valence-electron chi connectivity index (χ1n) is 16.7. The summed E-state index contributed by atoms with van der Waals surface area (Å²) in [5, 5.41) is 2.10. The highest BCUT2D eigenvalue weighted by atomic mass is 16.3. The minimum Gasteiger partial charge on any atom is -0.455 e. The number of fused-ring (bicyclic) bond motifs is 3. The van der Waals surface area contributed by atoms with Crippen LogP contribution in [0.25, 0.3) is 93.5 Å². The zero-order chi connectivity index (χ0) is 34.1. The molecule has 0 N–H and O–H groups in total. The molecule has 0 spiro atoms. The molecule has 9 rings (SSSR count). The van der Waals surface area contributed by atoms with Crippen LogP contribution in [0.4, 0.5) is 5.69 Å². The van der Waals surface area contributed by atoms with Crippen LogP contribution in [0.15, 0.2) is 175 Å². The molecule has 0 radical (unpaired) electrons. The van der Waals surface area contributed by atoms with Gasteiger partial charge in [-0.15, -0.1) is 0 Å². The van der Waals surface area contributed by atoms with E-state index in [9.17, 15) is 0 Å². The van der Waals surface area contributed by atoms with Gasteiger partial charge in [-0.1, -0.05) is 78.9 Å². The predicted molar refractivity (Wildman–Crippen MR) is 206 cm³/mol. The Kier molecular flexibility index (Phi) is 7.46. The van der Waals surface area contributed by atoms with E-state index in [1.165, 1.54) is 0 Å². The molecule has 0 aliphatic carbocycles. The molecule has 0 unspecified atom stereocenters. The van der Waals surface area contributed by atoms with E-state index in [1.54, 1.807) is 18.6 Å². The average Bonchev–Trinajstić information content (AvgIpc) is 3.61. The number of aromatic nitrogens is 3.